The lowest BCUT2D eigenvalue weighted by Crippen LogP contribution is -2.59. The number of aromatic nitrogens is 2. The summed E-state index contributed by atoms with van der Waals surface area (Å²) in [6.07, 6.45) is 2.00. The highest BCUT2D eigenvalue weighted by molar-refractivity contribution is 5.79. The fourth-order valence-corrected chi connectivity index (χ4v) is 6.84. The second-order valence-corrected chi connectivity index (χ2v) is 12.1. The normalized spacial score (nSPS) is 22.0. The third kappa shape index (κ3) is 6.22. The zero-order valence-corrected chi connectivity index (χ0v) is 25.2. The molecule has 0 radical (unpaired) electrons. The molecule has 0 saturated carbocycles. The zero-order chi connectivity index (χ0) is 29.1. The monoisotopic (exact) mass is 565 g/mol. The molecule has 2 fully saturated rings. The Kier molecular flexibility index (Phi) is 8.58. The van der Waals surface area contributed by atoms with E-state index in [1.165, 1.54) is 11.1 Å². The quantitative estimate of drug-likeness (QED) is 0.285. The first-order valence-corrected chi connectivity index (χ1v) is 15.4. The maximum Gasteiger partial charge on any atom is 0.227 e. The highest BCUT2D eigenvalue weighted by Gasteiger charge is 2.36. The third-order valence-electron chi connectivity index (χ3n) is 9.07. The lowest BCUT2D eigenvalue weighted by Gasteiger charge is -2.46. The van der Waals surface area contributed by atoms with Crippen molar-refractivity contribution in [3.63, 3.8) is 0 Å². The van der Waals surface area contributed by atoms with Crippen LogP contribution < -0.4 is 4.74 Å². The van der Waals surface area contributed by atoms with E-state index in [2.05, 4.69) is 93.8 Å². The second-order valence-electron chi connectivity index (χ2n) is 12.1. The molecule has 0 bridgehead atoms. The minimum absolute atomic E-state index is 0.0400. The van der Waals surface area contributed by atoms with Crippen molar-refractivity contribution in [2.45, 2.75) is 58.4 Å². The molecule has 3 heterocycles. The number of piperazine rings is 1. The number of fused-ring (bicyclic) bond motifs is 1. The van der Waals surface area contributed by atoms with E-state index in [4.69, 9.17) is 9.72 Å². The number of imidazole rings is 1. The molecule has 1 amide bonds. The Morgan fingerprint density at radius 2 is 1.52 bits per heavy atom. The Bertz CT molecular complexity index is 1470. The summed E-state index contributed by atoms with van der Waals surface area (Å²) >= 11 is 0. The SMILES string of the molecule is COc1ccc(Cn2c(CN3CCC[C@H](C(=O)N4C[C@@H](C)N(Cc5ccccc5)[C@H](C)C4)C3)nc3ccccc32)cc1. The van der Waals surface area contributed by atoms with Crippen LogP contribution in [0.2, 0.25) is 0 Å². The number of carbonyl (C=O) groups is 1. The summed E-state index contributed by atoms with van der Waals surface area (Å²) in [6, 6.07) is 28.0. The highest BCUT2D eigenvalue weighted by atomic mass is 16.5. The van der Waals surface area contributed by atoms with Gasteiger partial charge in [-0.3, -0.25) is 14.6 Å². The molecule has 2 saturated heterocycles. The first-order valence-electron chi connectivity index (χ1n) is 15.4. The van der Waals surface area contributed by atoms with Gasteiger partial charge < -0.3 is 14.2 Å². The van der Waals surface area contributed by atoms with Crippen molar-refractivity contribution in [2.75, 3.05) is 33.3 Å². The lowest BCUT2D eigenvalue weighted by atomic mass is 9.95. The summed E-state index contributed by atoms with van der Waals surface area (Å²) < 4.78 is 7.69. The molecule has 7 heteroatoms. The van der Waals surface area contributed by atoms with E-state index < -0.39 is 0 Å². The number of amides is 1. The van der Waals surface area contributed by atoms with Crippen LogP contribution in [0.25, 0.3) is 11.0 Å². The number of carbonyl (C=O) groups excluding carboxylic acids is 1. The van der Waals surface area contributed by atoms with Crippen LogP contribution in [0.1, 0.15) is 43.6 Å². The van der Waals surface area contributed by atoms with Crippen LogP contribution in [0.3, 0.4) is 0 Å². The molecule has 0 aliphatic carbocycles. The Morgan fingerprint density at radius 3 is 2.26 bits per heavy atom. The van der Waals surface area contributed by atoms with Crippen molar-refractivity contribution in [3.8, 4) is 5.75 Å². The van der Waals surface area contributed by atoms with Crippen LogP contribution in [-0.2, 0) is 24.4 Å². The summed E-state index contributed by atoms with van der Waals surface area (Å²) in [7, 11) is 1.69. The van der Waals surface area contributed by atoms with E-state index in [1.54, 1.807) is 7.11 Å². The Labute approximate surface area is 249 Å². The molecule has 220 valence electrons. The molecule has 2 aliphatic heterocycles. The third-order valence-corrected chi connectivity index (χ3v) is 9.07. The molecule has 3 aromatic carbocycles. The lowest BCUT2D eigenvalue weighted by molar-refractivity contribution is -0.142. The summed E-state index contributed by atoms with van der Waals surface area (Å²) in [6.45, 7) is 10.3. The van der Waals surface area contributed by atoms with Crippen molar-refractivity contribution in [2.24, 2.45) is 5.92 Å². The molecule has 6 rings (SSSR count). The van der Waals surface area contributed by atoms with Gasteiger partial charge in [0, 0.05) is 44.8 Å². The standard InChI is InChI=1S/C35H43N5O2/c1-26-20-38(21-27(2)39(26)22-28-10-5-4-6-11-28)35(41)30-12-9-19-37(24-30)25-34-36-32-13-7-8-14-33(32)40(34)23-29-15-17-31(42-3)18-16-29/h4-8,10-11,13-18,26-27,30H,9,12,19-25H2,1-3H3/t26-,27-,30+/m1/s1. The van der Waals surface area contributed by atoms with Gasteiger partial charge in [-0.15, -0.1) is 0 Å². The van der Waals surface area contributed by atoms with E-state index in [0.717, 1.165) is 81.3 Å². The fourth-order valence-electron chi connectivity index (χ4n) is 6.84. The van der Waals surface area contributed by atoms with Crippen LogP contribution in [0.4, 0.5) is 0 Å². The number of methoxy groups -OCH3 is 1. The maximum absolute atomic E-state index is 13.9. The fraction of sp³-hybridized carbons (Fsp3) is 0.429. The second kappa shape index (κ2) is 12.7. The van der Waals surface area contributed by atoms with Crippen LogP contribution in [0.15, 0.2) is 78.9 Å². The molecule has 42 heavy (non-hydrogen) atoms. The molecule has 7 nitrogen and oxygen atoms in total. The van der Waals surface area contributed by atoms with Gasteiger partial charge in [-0.2, -0.15) is 0 Å². The number of piperidine rings is 1. The first kappa shape index (κ1) is 28.4. The van der Waals surface area contributed by atoms with E-state index in [-0.39, 0.29) is 5.92 Å². The van der Waals surface area contributed by atoms with Gasteiger partial charge in [-0.05, 0) is 68.6 Å². The van der Waals surface area contributed by atoms with Crippen molar-refractivity contribution in [3.05, 3.63) is 95.8 Å². The molecule has 2 aliphatic rings. The Hall–Kier alpha value is -3.68. The number of hydrogen-bond donors (Lipinski definition) is 0. The first-order chi connectivity index (χ1) is 20.5. The van der Waals surface area contributed by atoms with Crippen molar-refractivity contribution >= 4 is 16.9 Å². The molecule has 1 aromatic heterocycles. The molecular weight excluding hydrogens is 522 g/mol. The molecular formula is C35H43N5O2. The Morgan fingerprint density at radius 1 is 0.833 bits per heavy atom. The van der Waals surface area contributed by atoms with E-state index in [9.17, 15) is 4.79 Å². The van der Waals surface area contributed by atoms with Gasteiger partial charge >= 0.3 is 0 Å². The average molecular weight is 566 g/mol. The summed E-state index contributed by atoms with van der Waals surface area (Å²) in [5, 5.41) is 0. The van der Waals surface area contributed by atoms with Gasteiger partial charge in [-0.1, -0.05) is 54.6 Å². The van der Waals surface area contributed by atoms with Gasteiger partial charge in [0.2, 0.25) is 5.91 Å². The summed E-state index contributed by atoms with van der Waals surface area (Å²) in [5.41, 5.74) is 4.70. The van der Waals surface area contributed by atoms with Crippen molar-refractivity contribution in [1.82, 2.24) is 24.3 Å². The van der Waals surface area contributed by atoms with Crippen LogP contribution in [-0.4, -0.2) is 75.5 Å². The largest absolute Gasteiger partial charge is 0.497 e. The predicted molar refractivity (Wildman–Crippen MR) is 167 cm³/mol. The zero-order valence-electron chi connectivity index (χ0n) is 25.2. The van der Waals surface area contributed by atoms with Gasteiger partial charge in [0.25, 0.3) is 0 Å². The van der Waals surface area contributed by atoms with Gasteiger partial charge in [-0.25, -0.2) is 4.98 Å². The molecule has 0 spiro atoms. The highest BCUT2D eigenvalue weighted by Crippen LogP contribution is 2.26. The topological polar surface area (TPSA) is 53.8 Å². The van der Waals surface area contributed by atoms with Gasteiger partial charge in [0.15, 0.2) is 0 Å². The molecule has 0 N–H and O–H groups in total. The van der Waals surface area contributed by atoms with Crippen molar-refractivity contribution < 1.29 is 9.53 Å². The minimum atomic E-state index is 0.0400. The van der Waals surface area contributed by atoms with E-state index >= 15 is 0 Å². The molecule has 0 unspecified atom stereocenters. The molecule has 3 atom stereocenters. The number of rotatable bonds is 8. The molecule has 4 aromatic rings. The number of hydrogen-bond acceptors (Lipinski definition) is 5. The van der Waals surface area contributed by atoms with E-state index in [1.807, 2.05) is 18.2 Å². The predicted octanol–water partition coefficient (Wildman–Crippen LogP) is 5.43. The van der Waals surface area contributed by atoms with Crippen LogP contribution >= 0.6 is 0 Å². The van der Waals surface area contributed by atoms with Crippen LogP contribution in [0, 0.1) is 5.92 Å². The smallest absolute Gasteiger partial charge is 0.227 e. The minimum Gasteiger partial charge on any atom is -0.497 e. The number of para-hydroxylation sites is 2. The number of benzene rings is 3. The van der Waals surface area contributed by atoms with Gasteiger partial charge in [0.05, 0.1) is 30.6 Å². The maximum atomic E-state index is 13.9. The Balaban J connectivity index is 1.13. The average Bonchev–Trinajstić information content (AvgIpc) is 3.35. The van der Waals surface area contributed by atoms with Gasteiger partial charge in [0.1, 0.15) is 11.6 Å². The van der Waals surface area contributed by atoms with Crippen LogP contribution in [0.5, 0.6) is 5.75 Å². The number of nitrogens with zero attached hydrogens (tertiary/aromatic N) is 5. The summed E-state index contributed by atoms with van der Waals surface area (Å²) in [5.74, 6) is 2.28. The van der Waals surface area contributed by atoms with Crippen molar-refractivity contribution in [1.29, 1.82) is 0 Å². The number of likely N-dealkylation sites (tertiary alicyclic amines) is 1. The number of ether oxygens (including phenoxy) is 1. The summed E-state index contributed by atoms with van der Waals surface area (Å²) in [4.78, 5) is 26.0. The van der Waals surface area contributed by atoms with E-state index in [0.29, 0.717) is 18.0 Å².